The molecule has 0 spiro atoms. The summed E-state index contributed by atoms with van der Waals surface area (Å²) in [5.41, 5.74) is 5.86. The zero-order valence-electron chi connectivity index (χ0n) is 10.3. The van der Waals surface area contributed by atoms with Crippen molar-refractivity contribution in [1.82, 2.24) is 9.55 Å². The highest BCUT2D eigenvalue weighted by molar-refractivity contribution is 5.95. The molecule has 0 unspecified atom stereocenters. The first-order valence-corrected chi connectivity index (χ1v) is 5.84. The number of halogens is 1. The summed E-state index contributed by atoms with van der Waals surface area (Å²) in [6.45, 7) is 0.943. The number of benzene rings is 1. The second-order valence-corrected chi connectivity index (χ2v) is 4.02. The minimum absolute atomic E-state index is 0.0580. The van der Waals surface area contributed by atoms with E-state index in [1.165, 1.54) is 12.1 Å². The fourth-order valence-electron chi connectivity index (χ4n) is 1.61. The molecule has 1 aromatic carbocycles. The van der Waals surface area contributed by atoms with Gasteiger partial charge in [0.25, 0.3) is 0 Å². The summed E-state index contributed by atoms with van der Waals surface area (Å²) in [5.74, 6) is -1.12. The number of nitrogens with two attached hydrogens (primary N) is 1. The monoisotopic (exact) mass is 263 g/mol. The molecule has 0 saturated heterocycles. The van der Waals surface area contributed by atoms with E-state index < -0.39 is 11.8 Å². The summed E-state index contributed by atoms with van der Waals surface area (Å²) in [6, 6.07) is 3.62. The van der Waals surface area contributed by atoms with E-state index in [1.807, 2.05) is 10.8 Å². The van der Waals surface area contributed by atoms with Gasteiger partial charge in [0.15, 0.2) is 0 Å². The second-order valence-electron chi connectivity index (χ2n) is 4.02. The zero-order chi connectivity index (χ0) is 13.7. The molecular formula is C13H14FN3O2. The van der Waals surface area contributed by atoms with Gasteiger partial charge in [-0.15, -0.1) is 0 Å². The predicted molar refractivity (Wildman–Crippen MR) is 67.9 cm³/mol. The lowest BCUT2D eigenvalue weighted by atomic mass is 10.2. The Morgan fingerprint density at radius 2 is 2.32 bits per heavy atom. The van der Waals surface area contributed by atoms with Crippen LogP contribution in [0.25, 0.3) is 0 Å². The van der Waals surface area contributed by atoms with Gasteiger partial charge in [-0.05, 0) is 24.6 Å². The number of ether oxygens (including phenoxy) is 1. The van der Waals surface area contributed by atoms with E-state index in [4.69, 9.17) is 10.5 Å². The quantitative estimate of drug-likeness (QED) is 0.507. The molecular weight excluding hydrogens is 249 g/mol. The molecule has 2 rings (SSSR count). The normalized spacial score (nSPS) is 10.4. The van der Waals surface area contributed by atoms with Crippen molar-refractivity contribution in [2.75, 3.05) is 12.3 Å². The molecule has 0 bridgehead atoms. The largest absolute Gasteiger partial charge is 0.462 e. The van der Waals surface area contributed by atoms with Crippen LogP contribution >= 0.6 is 0 Å². The van der Waals surface area contributed by atoms with Crippen LogP contribution in [0.2, 0.25) is 0 Å². The van der Waals surface area contributed by atoms with Gasteiger partial charge in [-0.3, -0.25) is 0 Å². The van der Waals surface area contributed by atoms with Crippen LogP contribution in [-0.2, 0) is 11.3 Å². The molecule has 100 valence electrons. The molecule has 0 aliphatic rings. The molecule has 2 aromatic rings. The molecule has 0 aliphatic heterocycles. The fraction of sp³-hybridized carbons (Fsp3) is 0.231. The van der Waals surface area contributed by atoms with Gasteiger partial charge in [0, 0.05) is 24.6 Å². The zero-order valence-corrected chi connectivity index (χ0v) is 10.3. The van der Waals surface area contributed by atoms with Gasteiger partial charge in [-0.2, -0.15) is 0 Å². The fourth-order valence-corrected chi connectivity index (χ4v) is 1.61. The van der Waals surface area contributed by atoms with Crippen molar-refractivity contribution in [3.8, 4) is 0 Å². The van der Waals surface area contributed by atoms with Gasteiger partial charge < -0.3 is 15.0 Å². The first kappa shape index (κ1) is 13.1. The number of carbonyl (C=O) groups is 1. The Hall–Kier alpha value is -2.37. The number of hydrogen-bond acceptors (Lipinski definition) is 4. The lowest BCUT2D eigenvalue weighted by Crippen LogP contribution is -2.11. The van der Waals surface area contributed by atoms with Crippen molar-refractivity contribution in [1.29, 1.82) is 0 Å². The molecule has 0 aliphatic carbocycles. The van der Waals surface area contributed by atoms with Crippen LogP contribution in [0.1, 0.15) is 16.8 Å². The number of anilines is 1. The topological polar surface area (TPSA) is 70.1 Å². The number of nitrogens with zero attached hydrogens (tertiary/aromatic N) is 2. The number of rotatable bonds is 5. The van der Waals surface area contributed by atoms with Crippen molar-refractivity contribution < 1.29 is 13.9 Å². The van der Waals surface area contributed by atoms with E-state index in [2.05, 4.69) is 4.98 Å². The number of carbonyl (C=O) groups excluding carboxylic acids is 1. The number of esters is 1. The molecule has 1 heterocycles. The van der Waals surface area contributed by atoms with E-state index in [-0.39, 0.29) is 17.9 Å². The Morgan fingerprint density at radius 3 is 3.05 bits per heavy atom. The van der Waals surface area contributed by atoms with Gasteiger partial charge in [-0.25, -0.2) is 14.2 Å². The van der Waals surface area contributed by atoms with E-state index in [0.29, 0.717) is 13.0 Å². The Morgan fingerprint density at radius 1 is 1.47 bits per heavy atom. The Labute approximate surface area is 109 Å². The van der Waals surface area contributed by atoms with Crippen LogP contribution < -0.4 is 5.73 Å². The third kappa shape index (κ3) is 3.54. The van der Waals surface area contributed by atoms with Crippen LogP contribution in [0.3, 0.4) is 0 Å². The van der Waals surface area contributed by atoms with Gasteiger partial charge in [0.2, 0.25) is 0 Å². The SMILES string of the molecule is Nc1ccc(F)cc1C(=O)OCCCn1ccnc1. The van der Waals surface area contributed by atoms with Gasteiger partial charge >= 0.3 is 5.97 Å². The van der Waals surface area contributed by atoms with Crippen molar-refractivity contribution in [2.24, 2.45) is 0 Å². The van der Waals surface area contributed by atoms with E-state index in [9.17, 15) is 9.18 Å². The van der Waals surface area contributed by atoms with Gasteiger partial charge in [0.1, 0.15) is 5.82 Å². The summed E-state index contributed by atoms with van der Waals surface area (Å²) >= 11 is 0. The van der Waals surface area contributed by atoms with E-state index in [0.717, 1.165) is 6.07 Å². The number of imidazole rings is 1. The predicted octanol–water partition coefficient (Wildman–Crippen LogP) is 1.85. The minimum atomic E-state index is -0.609. The van der Waals surface area contributed by atoms with Crippen LogP contribution in [-0.4, -0.2) is 22.1 Å². The summed E-state index contributed by atoms with van der Waals surface area (Å²) in [5, 5.41) is 0. The number of hydrogen-bond donors (Lipinski definition) is 1. The summed E-state index contributed by atoms with van der Waals surface area (Å²) < 4.78 is 19.9. The highest BCUT2D eigenvalue weighted by Crippen LogP contribution is 2.14. The Bertz CT molecular complexity index is 555. The van der Waals surface area contributed by atoms with Crippen molar-refractivity contribution in [3.63, 3.8) is 0 Å². The lowest BCUT2D eigenvalue weighted by molar-refractivity contribution is 0.0496. The number of nitrogen functional groups attached to an aromatic ring is 1. The Kier molecular flexibility index (Phi) is 4.12. The van der Waals surface area contributed by atoms with Crippen LogP contribution in [0.15, 0.2) is 36.9 Å². The third-order valence-electron chi connectivity index (χ3n) is 2.59. The number of aromatic nitrogens is 2. The van der Waals surface area contributed by atoms with E-state index in [1.54, 1.807) is 12.5 Å². The molecule has 0 saturated carbocycles. The van der Waals surface area contributed by atoms with Crippen LogP contribution in [0.5, 0.6) is 0 Å². The average Bonchev–Trinajstić information content (AvgIpc) is 2.90. The molecule has 6 heteroatoms. The molecule has 1 aromatic heterocycles. The highest BCUT2D eigenvalue weighted by Gasteiger charge is 2.12. The smallest absolute Gasteiger partial charge is 0.340 e. The molecule has 5 nitrogen and oxygen atoms in total. The van der Waals surface area contributed by atoms with E-state index >= 15 is 0 Å². The molecule has 0 atom stereocenters. The molecule has 2 N–H and O–H groups in total. The molecule has 0 fully saturated rings. The standard InChI is InChI=1S/C13H14FN3O2/c14-10-2-3-12(15)11(8-10)13(18)19-7-1-5-17-6-4-16-9-17/h2-4,6,8-9H,1,5,7,15H2. The minimum Gasteiger partial charge on any atom is -0.462 e. The van der Waals surface area contributed by atoms with Gasteiger partial charge in [0.05, 0.1) is 18.5 Å². The maximum atomic E-state index is 13.0. The maximum absolute atomic E-state index is 13.0. The highest BCUT2D eigenvalue weighted by atomic mass is 19.1. The van der Waals surface area contributed by atoms with Crippen molar-refractivity contribution in [2.45, 2.75) is 13.0 Å². The summed E-state index contributed by atoms with van der Waals surface area (Å²) in [4.78, 5) is 15.6. The van der Waals surface area contributed by atoms with Gasteiger partial charge in [-0.1, -0.05) is 0 Å². The molecule has 0 amide bonds. The van der Waals surface area contributed by atoms with Crippen molar-refractivity contribution >= 4 is 11.7 Å². The number of aryl methyl sites for hydroxylation is 1. The summed E-state index contributed by atoms with van der Waals surface area (Å²) in [7, 11) is 0. The average molecular weight is 263 g/mol. The summed E-state index contributed by atoms with van der Waals surface area (Å²) in [6.07, 6.45) is 5.84. The molecule has 19 heavy (non-hydrogen) atoms. The first-order chi connectivity index (χ1) is 9.16. The lowest BCUT2D eigenvalue weighted by Gasteiger charge is -2.07. The Balaban J connectivity index is 1.82. The third-order valence-corrected chi connectivity index (χ3v) is 2.59. The maximum Gasteiger partial charge on any atom is 0.340 e. The van der Waals surface area contributed by atoms with Crippen LogP contribution in [0, 0.1) is 5.82 Å². The van der Waals surface area contributed by atoms with Crippen molar-refractivity contribution in [3.05, 3.63) is 48.3 Å². The second kappa shape index (κ2) is 5.99. The molecule has 0 radical (unpaired) electrons. The first-order valence-electron chi connectivity index (χ1n) is 5.84. The van der Waals surface area contributed by atoms with Crippen LogP contribution in [0.4, 0.5) is 10.1 Å².